The Morgan fingerprint density at radius 3 is 1.83 bits per heavy atom. The minimum absolute atomic E-state index is 1.04. The molecule has 0 saturated carbocycles. The van der Waals surface area contributed by atoms with Gasteiger partial charge in [0.1, 0.15) is 11.5 Å². The van der Waals surface area contributed by atoms with Crippen molar-refractivity contribution < 1.29 is 9.47 Å². The molecule has 1 aromatic carbocycles. The van der Waals surface area contributed by atoms with Crippen LogP contribution >= 0.6 is 0 Å². The van der Waals surface area contributed by atoms with Gasteiger partial charge in [0.15, 0.2) is 0 Å². The highest BCUT2D eigenvalue weighted by Gasteiger charge is 2.30. The molecule has 0 aliphatic carbocycles. The summed E-state index contributed by atoms with van der Waals surface area (Å²) in [5.41, 5.74) is 5.37. The van der Waals surface area contributed by atoms with E-state index >= 15 is 0 Å². The predicted molar refractivity (Wildman–Crippen MR) is 73.1 cm³/mol. The predicted octanol–water partition coefficient (Wildman–Crippen LogP) is 2.71. The maximum Gasteiger partial charge on any atom is 0.130 e. The average Bonchev–Trinajstić information content (AvgIpc) is 2.40. The Kier molecular flexibility index (Phi) is 2.84. The van der Waals surface area contributed by atoms with E-state index in [4.69, 9.17) is 9.47 Å². The maximum atomic E-state index is 5.65. The molecule has 0 fully saturated rings. The van der Waals surface area contributed by atoms with Gasteiger partial charge in [0.25, 0.3) is 0 Å². The number of hydrogen-bond donors (Lipinski definition) is 0. The molecule has 18 heavy (non-hydrogen) atoms. The van der Waals surface area contributed by atoms with E-state index in [1.165, 1.54) is 42.7 Å². The Balaban J connectivity index is 2.30. The molecule has 0 N–H and O–H groups in total. The van der Waals surface area contributed by atoms with E-state index < -0.39 is 0 Å². The van der Waals surface area contributed by atoms with E-state index in [9.17, 15) is 0 Å². The molecule has 2 heterocycles. The van der Waals surface area contributed by atoms with Gasteiger partial charge >= 0.3 is 0 Å². The highest BCUT2D eigenvalue weighted by Crippen LogP contribution is 2.47. The standard InChI is InChI=1S/C15H21NO2/c1-10-14(17-2)11-6-4-8-16-9-5-7-12(13(11)16)15(10)18-3/h4-9H2,1-3H3. The van der Waals surface area contributed by atoms with Crippen LogP contribution in [0.2, 0.25) is 0 Å². The van der Waals surface area contributed by atoms with Crippen LogP contribution < -0.4 is 14.4 Å². The van der Waals surface area contributed by atoms with Crippen molar-refractivity contribution in [3.63, 3.8) is 0 Å². The lowest BCUT2D eigenvalue weighted by Crippen LogP contribution is -2.35. The Morgan fingerprint density at radius 2 is 1.39 bits per heavy atom. The first-order valence-electron chi connectivity index (χ1n) is 6.79. The van der Waals surface area contributed by atoms with E-state index in [1.54, 1.807) is 14.2 Å². The lowest BCUT2D eigenvalue weighted by atomic mass is 9.88. The third-order valence-corrected chi connectivity index (χ3v) is 4.24. The number of nitrogens with zero attached hydrogens (tertiary/aromatic N) is 1. The summed E-state index contributed by atoms with van der Waals surface area (Å²) in [6.45, 7) is 4.47. The summed E-state index contributed by atoms with van der Waals surface area (Å²) in [6, 6.07) is 0. The van der Waals surface area contributed by atoms with E-state index in [0.29, 0.717) is 0 Å². The first-order chi connectivity index (χ1) is 8.77. The highest BCUT2D eigenvalue weighted by atomic mass is 16.5. The minimum atomic E-state index is 1.04. The van der Waals surface area contributed by atoms with E-state index in [2.05, 4.69) is 11.8 Å². The number of anilines is 1. The van der Waals surface area contributed by atoms with Gasteiger partial charge in [0, 0.05) is 29.8 Å². The second-order valence-corrected chi connectivity index (χ2v) is 5.19. The molecule has 2 aliphatic rings. The molecular weight excluding hydrogens is 226 g/mol. The lowest BCUT2D eigenvalue weighted by molar-refractivity contribution is 0.378. The second kappa shape index (κ2) is 4.38. The third kappa shape index (κ3) is 1.49. The summed E-state index contributed by atoms with van der Waals surface area (Å²) >= 11 is 0. The molecule has 1 aromatic rings. The monoisotopic (exact) mass is 247 g/mol. The van der Waals surface area contributed by atoms with Gasteiger partial charge in [-0.25, -0.2) is 0 Å². The number of rotatable bonds is 2. The minimum Gasteiger partial charge on any atom is -0.496 e. The van der Waals surface area contributed by atoms with E-state index in [-0.39, 0.29) is 0 Å². The molecule has 3 rings (SSSR count). The van der Waals surface area contributed by atoms with Gasteiger partial charge < -0.3 is 14.4 Å². The maximum absolute atomic E-state index is 5.65. The third-order valence-electron chi connectivity index (χ3n) is 4.24. The largest absolute Gasteiger partial charge is 0.496 e. The van der Waals surface area contributed by atoms with Crippen LogP contribution in [0.1, 0.15) is 29.5 Å². The first-order valence-corrected chi connectivity index (χ1v) is 6.79. The molecular formula is C15H21NO2. The highest BCUT2D eigenvalue weighted by molar-refractivity contribution is 5.74. The van der Waals surface area contributed by atoms with Gasteiger partial charge in [-0.3, -0.25) is 0 Å². The van der Waals surface area contributed by atoms with E-state index in [0.717, 1.165) is 29.9 Å². The van der Waals surface area contributed by atoms with Crippen molar-refractivity contribution in [2.75, 3.05) is 32.2 Å². The van der Waals surface area contributed by atoms with Crippen LogP contribution in [0, 0.1) is 6.92 Å². The fourth-order valence-corrected chi connectivity index (χ4v) is 3.58. The van der Waals surface area contributed by atoms with Crippen molar-refractivity contribution in [2.45, 2.75) is 32.6 Å². The fourth-order valence-electron chi connectivity index (χ4n) is 3.58. The van der Waals surface area contributed by atoms with Crippen molar-refractivity contribution in [1.82, 2.24) is 0 Å². The van der Waals surface area contributed by atoms with E-state index in [1.807, 2.05) is 0 Å². The normalized spacial score (nSPS) is 17.4. The number of ether oxygens (including phenoxy) is 2. The van der Waals surface area contributed by atoms with Crippen molar-refractivity contribution in [3.8, 4) is 11.5 Å². The summed E-state index contributed by atoms with van der Waals surface area (Å²) in [5, 5.41) is 0. The molecule has 0 atom stereocenters. The van der Waals surface area contributed by atoms with Crippen LogP contribution in [0.4, 0.5) is 5.69 Å². The molecule has 0 radical (unpaired) electrons. The smallest absolute Gasteiger partial charge is 0.130 e. The molecule has 0 aromatic heterocycles. The number of benzene rings is 1. The van der Waals surface area contributed by atoms with Gasteiger partial charge in [-0.15, -0.1) is 0 Å². The van der Waals surface area contributed by atoms with Crippen LogP contribution in [0.25, 0.3) is 0 Å². The summed E-state index contributed by atoms with van der Waals surface area (Å²) in [4.78, 5) is 2.52. The second-order valence-electron chi connectivity index (χ2n) is 5.19. The summed E-state index contributed by atoms with van der Waals surface area (Å²) < 4.78 is 11.3. The Hall–Kier alpha value is -1.38. The summed E-state index contributed by atoms with van der Waals surface area (Å²) in [6.07, 6.45) is 4.73. The lowest BCUT2D eigenvalue weighted by Gasteiger charge is -2.38. The quantitative estimate of drug-likeness (QED) is 0.802. The number of hydrogen-bond acceptors (Lipinski definition) is 3. The summed E-state index contributed by atoms with van der Waals surface area (Å²) in [7, 11) is 3.54. The Bertz CT molecular complexity index is 443. The molecule has 3 nitrogen and oxygen atoms in total. The molecule has 98 valence electrons. The average molecular weight is 247 g/mol. The molecule has 0 spiro atoms. The molecule has 3 heteroatoms. The van der Waals surface area contributed by atoms with Gasteiger partial charge in [0.2, 0.25) is 0 Å². The zero-order chi connectivity index (χ0) is 12.7. The van der Waals surface area contributed by atoms with Crippen LogP contribution in [-0.4, -0.2) is 27.3 Å². The Labute approximate surface area is 109 Å². The van der Waals surface area contributed by atoms with Crippen LogP contribution in [0.5, 0.6) is 11.5 Å². The fraction of sp³-hybridized carbons (Fsp3) is 0.600. The SMILES string of the molecule is COc1c(C)c(OC)c2c3c1CCCN3CCC2. The molecule has 0 unspecified atom stereocenters. The molecule has 0 saturated heterocycles. The van der Waals surface area contributed by atoms with Gasteiger partial charge in [-0.2, -0.15) is 0 Å². The van der Waals surface area contributed by atoms with Crippen molar-refractivity contribution in [2.24, 2.45) is 0 Å². The van der Waals surface area contributed by atoms with Crippen molar-refractivity contribution in [1.29, 1.82) is 0 Å². The zero-order valence-electron chi connectivity index (χ0n) is 11.5. The van der Waals surface area contributed by atoms with Gasteiger partial charge in [0.05, 0.1) is 19.9 Å². The number of methoxy groups -OCH3 is 2. The summed E-state index contributed by atoms with van der Waals surface area (Å²) in [5.74, 6) is 2.08. The van der Waals surface area contributed by atoms with Crippen LogP contribution in [0.15, 0.2) is 0 Å². The van der Waals surface area contributed by atoms with Crippen LogP contribution in [-0.2, 0) is 12.8 Å². The van der Waals surface area contributed by atoms with Crippen LogP contribution in [0.3, 0.4) is 0 Å². The Morgan fingerprint density at radius 1 is 0.889 bits per heavy atom. The molecule has 0 bridgehead atoms. The zero-order valence-corrected chi connectivity index (χ0v) is 11.5. The van der Waals surface area contributed by atoms with Gasteiger partial charge in [-0.1, -0.05) is 0 Å². The topological polar surface area (TPSA) is 21.7 Å². The van der Waals surface area contributed by atoms with Crippen molar-refractivity contribution >= 4 is 5.69 Å². The molecule has 2 aliphatic heterocycles. The van der Waals surface area contributed by atoms with Gasteiger partial charge in [-0.05, 0) is 32.6 Å². The van der Waals surface area contributed by atoms with Crippen molar-refractivity contribution in [3.05, 3.63) is 16.7 Å². The first kappa shape index (κ1) is 11.7. The molecule has 0 amide bonds.